The van der Waals surface area contributed by atoms with Crippen molar-refractivity contribution < 1.29 is 5.11 Å². The summed E-state index contributed by atoms with van der Waals surface area (Å²) in [5.41, 5.74) is 1.04. The summed E-state index contributed by atoms with van der Waals surface area (Å²) in [5, 5.41) is 13.8. The van der Waals surface area contributed by atoms with Gasteiger partial charge in [0, 0.05) is 17.6 Å². The molecule has 2 N–H and O–H groups in total. The van der Waals surface area contributed by atoms with E-state index in [1.165, 1.54) is 32.1 Å². The SMILES string of the molecule is CC(NC1CC2CC1C1CCCC21)c1ccccc1O. The van der Waals surface area contributed by atoms with Crippen LogP contribution in [0.4, 0.5) is 0 Å². The van der Waals surface area contributed by atoms with Crippen molar-refractivity contribution in [1.82, 2.24) is 5.32 Å². The van der Waals surface area contributed by atoms with Gasteiger partial charge in [0.1, 0.15) is 5.75 Å². The van der Waals surface area contributed by atoms with Gasteiger partial charge in [-0.25, -0.2) is 0 Å². The van der Waals surface area contributed by atoms with Crippen LogP contribution in [-0.4, -0.2) is 11.1 Å². The lowest BCUT2D eigenvalue weighted by atomic mass is 9.79. The van der Waals surface area contributed by atoms with Crippen LogP contribution in [0.1, 0.15) is 50.6 Å². The minimum atomic E-state index is 0.250. The van der Waals surface area contributed by atoms with E-state index in [0.29, 0.717) is 11.8 Å². The van der Waals surface area contributed by atoms with Crippen molar-refractivity contribution in [3.8, 4) is 5.75 Å². The Morgan fingerprint density at radius 3 is 2.75 bits per heavy atom. The Kier molecular flexibility index (Phi) is 3.03. The Balaban J connectivity index is 1.47. The lowest BCUT2D eigenvalue weighted by molar-refractivity contribution is 0.199. The minimum absolute atomic E-state index is 0.250. The fourth-order valence-corrected chi connectivity index (χ4v) is 5.52. The van der Waals surface area contributed by atoms with E-state index in [1.54, 1.807) is 6.07 Å². The molecular weight excluding hydrogens is 246 g/mol. The molecule has 0 amide bonds. The Labute approximate surface area is 121 Å². The number of hydrogen-bond acceptors (Lipinski definition) is 2. The van der Waals surface area contributed by atoms with Crippen LogP contribution in [0.3, 0.4) is 0 Å². The van der Waals surface area contributed by atoms with Gasteiger partial charge in [-0.3, -0.25) is 0 Å². The van der Waals surface area contributed by atoms with E-state index in [-0.39, 0.29) is 6.04 Å². The topological polar surface area (TPSA) is 32.3 Å². The smallest absolute Gasteiger partial charge is 0.120 e. The Morgan fingerprint density at radius 1 is 1.10 bits per heavy atom. The Morgan fingerprint density at radius 2 is 1.90 bits per heavy atom. The second-order valence-electron chi connectivity index (χ2n) is 7.21. The zero-order chi connectivity index (χ0) is 13.7. The fourth-order valence-electron chi connectivity index (χ4n) is 5.52. The summed E-state index contributed by atoms with van der Waals surface area (Å²) in [6.07, 6.45) is 7.25. The predicted octanol–water partition coefficient (Wildman–Crippen LogP) is 3.87. The summed E-state index contributed by atoms with van der Waals surface area (Å²) in [6.45, 7) is 2.19. The van der Waals surface area contributed by atoms with Gasteiger partial charge >= 0.3 is 0 Å². The van der Waals surface area contributed by atoms with E-state index >= 15 is 0 Å². The van der Waals surface area contributed by atoms with Gasteiger partial charge in [-0.2, -0.15) is 0 Å². The van der Waals surface area contributed by atoms with Gasteiger partial charge in [-0.1, -0.05) is 24.6 Å². The van der Waals surface area contributed by atoms with Gasteiger partial charge < -0.3 is 10.4 Å². The van der Waals surface area contributed by atoms with Gasteiger partial charge in [0.2, 0.25) is 0 Å². The molecule has 0 radical (unpaired) electrons. The van der Waals surface area contributed by atoms with E-state index in [4.69, 9.17) is 0 Å². The molecule has 3 fully saturated rings. The van der Waals surface area contributed by atoms with Crippen molar-refractivity contribution in [1.29, 1.82) is 0 Å². The number of hydrogen-bond donors (Lipinski definition) is 2. The first-order valence-electron chi connectivity index (χ1n) is 8.28. The first-order valence-corrected chi connectivity index (χ1v) is 8.28. The molecule has 20 heavy (non-hydrogen) atoms. The average Bonchev–Trinajstić information content (AvgIpc) is 3.10. The van der Waals surface area contributed by atoms with Crippen LogP contribution in [0.2, 0.25) is 0 Å². The number of aromatic hydroxyl groups is 1. The first kappa shape index (κ1) is 12.7. The number of phenols is 1. The molecule has 3 saturated carbocycles. The molecule has 6 unspecified atom stereocenters. The van der Waals surface area contributed by atoms with E-state index in [2.05, 4.69) is 12.2 Å². The first-order chi connectivity index (χ1) is 9.74. The monoisotopic (exact) mass is 271 g/mol. The van der Waals surface area contributed by atoms with Crippen molar-refractivity contribution in [3.05, 3.63) is 29.8 Å². The minimum Gasteiger partial charge on any atom is -0.508 e. The van der Waals surface area contributed by atoms with E-state index < -0.39 is 0 Å². The molecule has 108 valence electrons. The van der Waals surface area contributed by atoms with Gasteiger partial charge in [0.15, 0.2) is 0 Å². The summed E-state index contributed by atoms with van der Waals surface area (Å²) in [6, 6.07) is 8.67. The number of phenolic OH excluding ortho intramolecular Hbond substituents is 1. The number of fused-ring (bicyclic) bond motifs is 5. The fraction of sp³-hybridized carbons (Fsp3) is 0.667. The quantitative estimate of drug-likeness (QED) is 0.874. The molecule has 0 saturated heterocycles. The molecule has 0 heterocycles. The van der Waals surface area contributed by atoms with E-state index in [0.717, 1.165) is 29.2 Å². The lowest BCUT2D eigenvalue weighted by Crippen LogP contribution is -2.40. The molecule has 0 aliphatic heterocycles. The molecular formula is C18H25NO. The molecule has 0 spiro atoms. The molecule has 0 aromatic heterocycles. The van der Waals surface area contributed by atoms with Crippen LogP contribution >= 0.6 is 0 Å². The van der Waals surface area contributed by atoms with Crippen LogP contribution < -0.4 is 5.32 Å². The van der Waals surface area contributed by atoms with Gasteiger partial charge in [0.25, 0.3) is 0 Å². The number of rotatable bonds is 3. The third-order valence-electron chi connectivity index (χ3n) is 6.30. The highest BCUT2D eigenvalue weighted by atomic mass is 16.3. The van der Waals surface area contributed by atoms with Crippen LogP contribution in [-0.2, 0) is 0 Å². The van der Waals surface area contributed by atoms with E-state index in [1.807, 2.05) is 18.2 Å². The van der Waals surface area contributed by atoms with Crippen molar-refractivity contribution in [2.24, 2.45) is 23.7 Å². The molecule has 3 aliphatic rings. The molecule has 1 aromatic rings. The Hall–Kier alpha value is -1.02. The highest BCUT2D eigenvalue weighted by molar-refractivity contribution is 5.34. The molecule has 3 aliphatic carbocycles. The maximum Gasteiger partial charge on any atom is 0.120 e. The molecule has 6 atom stereocenters. The van der Waals surface area contributed by atoms with Gasteiger partial charge in [-0.15, -0.1) is 0 Å². The second kappa shape index (κ2) is 4.77. The Bertz CT molecular complexity index is 500. The van der Waals surface area contributed by atoms with Crippen LogP contribution in [0.25, 0.3) is 0 Å². The summed E-state index contributed by atoms with van der Waals surface area (Å²) in [4.78, 5) is 0. The average molecular weight is 271 g/mol. The third kappa shape index (κ3) is 1.88. The number of benzene rings is 1. The standard InChI is InChI=1S/C18H25NO/c1-11(13-5-2-3-8-18(13)20)19-17-10-12-9-16(17)15-7-4-6-14(12)15/h2-3,5,8,11-12,14-17,19-20H,4,6-7,9-10H2,1H3. The van der Waals surface area contributed by atoms with Crippen molar-refractivity contribution in [2.75, 3.05) is 0 Å². The second-order valence-corrected chi connectivity index (χ2v) is 7.21. The highest BCUT2D eigenvalue weighted by Crippen LogP contribution is 2.58. The maximum absolute atomic E-state index is 10.00. The summed E-state index contributed by atoms with van der Waals surface area (Å²) in [5.74, 6) is 4.37. The predicted molar refractivity (Wildman–Crippen MR) is 80.5 cm³/mol. The molecule has 1 aromatic carbocycles. The summed E-state index contributed by atoms with van der Waals surface area (Å²) < 4.78 is 0. The van der Waals surface area contributed by atoms with Crippen molar-refractivity contribution >= 4 is 0 Å². The van der Waals surface area contributed by atoms with Gasteiger partial charge in [0.05, 0.1) is 0 Å². The molecule has 4 rings (SSSR count). The van der Waals surface area contributed by atoms with E-state index in [9.17, 15) is 5.11 Å². The third-order valence-corrected chi connectivity index (χ3v) is 6.30. The highest BCUT2D eigenvalue weighted by Gasteiger charge is 2.53. The van der Waals surface area contributed by atoms with Crippen LogP contribution in [0.5, 0.6) is 5.75 Å². The normalized spacial score (nSPS) is 40.0. The largest absolute Gasteiger partial charge is 0.508 e. The summed E-state index contributed by atoms with van der Waals surface area (Å²) in [7, 11) is 0. The van der Waals surface area contributed by atoms with Crippen molar-refractivity contribution in [3.63, 3.8) is 0 Å². The molecule has 2 bridgehead atoms. The zero-order valence-corrected chi connectivity index (χ0v) is 12.3. The van der Waals surface area contributed by atoms with Gasteiger partial charge in [-0.05, 0) is 62.3 Å². The van der Waals surface area contributed by atoms with Crippen molar-refractivity contribution in [2.45, 2.75) is 51.1 Å². The molecule has 2 nitrogen and oxygen atoms in total. The zero-order valence-electron chi connectivity index (χ0n) is 12.3. The maximum atomic E-state index is 10.00. The number of para-hydroxylation sites is 1. The number of nitrogens with one attached hydrogen (secondary N) is 1. The lowest BCUT2D eigenvalue weighted by Gasteiger charge is -2.34. The van der Waals surface area contributed by atoms with Crippen LogP contribution in [0.15, 0.2) is 24.3 Å². The summed E-state index contributed by atoms with van der Waals surface area (Å²) >= 11 is 0. The molecule has 2 heteroatoms. The van der Waals surface area contributed by atoms with Crippen LogP contribution in [0, 0.1) is 23.7 Å².